The molecule has 1 aromatic carbocycles. The predicted molar refractivity (Wildman–Crippen MR) is 102 cm³/mol. The van der Waals surface area contributed by atoms with E-state index in [1.807, 2.05) is 36.9 Å². The molecule has 0 unspecified atom stereocenters. The first-order valence-corrected chi connectivity index (χ1v) is 9.62. The van der Waals surface area contributed by atoms with E-state index in [0.717, 1.165) is 18.5 Å². The van der Waals surface area contributed by atoms with Crippen molar-refractivity contribution in [1.82, 2.24) is 10.2 Å². The molecule has 2 aliphatic rings. The van der Waals surface area contributed by atoms with Crippen LogP contribution in [0, 0.1) is 6.92 Å². The third-order valence-corrected chi connectivity index (χ3v) is 4.99. The average Bonchev–Trinajstić information content (AvgIpc) is 3.06. The molecule has 2 aliphatic heterocycles. The molecule has 1 aromatic rings. The molecular weight excluding hydrogens is 346 g/mol. The summed E-state index contributed by atoms with van der Waals surface area (Å²) in [5.41, 5.74) is 1.64. The van der Waals surface area contributed by atoms with Crippen LogP contribution in [0.1, 0.15) is 38.2 Å². The van der Waals surface area contributed by atoms with Crippen molar-refractivity contribution in [3.05, 3.63) is 23.8 Å². The van der Waals surface area contributed by atoms with Gasteiger partial charge in [-0.2, -0.15) is 0 Å². The summed E-state index contributed by atoms with van der Waals surface area (Å²) in [4.78, 5) is 40.0. The summed E-state index contributed by atoms with van der Waals surface area (Å²) >= 11 is 0. The van der Waals surface area contributed by atoms with Crippen LogP contribution in [-0.4, -0.2) is 54.9 Å². The summed E-state index contributed by atoms with van der Waals surface area (Å²) in [6.07, 6.45) is 2.25. The Bertz CT molecular complexity index is 734. The fourth-order valence-corrected chi connectivity index (χ4v) is 3.49. The zero-order chi connectivity index (χ0) is 19.4. The Morgan fingerprint density at radius 3 is 2.85 bits per heavy atom. The van der Waals surface area contributed by atoms with Gasteiger partial charge in [0.2, 0.25) is 11.8 Å². The Morgan fingerprint density at radius 1 is 1.33 bits per heavy atom. The Balaban J connectivity index is 1.56. The lowest BCUT2D eigenvalue weighted by molar-refractivity contribution is -0.129. The van der Waals surface area contributed by atoms with Gasteiger partial charge in [0.1, 0.15) is 12.3 Å². The third-order valence-electron chi connectivity index (χ3n) is 4.99. The summed E-state index contributed by atoms with van der Waals surface area (Å²) in [6.45, 7) is 5.75. The second-order valence-corrected chi connectivity index (χ2v) is 7.10. The highest BCUT2D eigenvalue weighted by Crippen LogP contribution is 2.35. The van der Waals surface area contributed by atoms with Crippen LogP contribution >= 0.6 is 0 Å². The fraction of sp³-hybridized carbons (Fsp3) is 0.550. The highest BCUT2D eigenvalue weighted by Gasteiger charge is 2.34. The van der Waals surface area contributed by atoms with E-state index in [4.69, 9.17) is 4.74 Å². The molecule has 1 N–H and O–H groups in total. The van der Waals surface area contributed by atoms with E-state index in [1.54, 1.807) is 0 Å². The summed E-state index contributed by atoms with van der Waals surface area (Å²) in [5, 5.41) is 2.86. The van der Waals surface area contributed by atoms with Gasteiger partial charge in [0.25, 0.3) is 5.91 Å². The Morgan fingerprint density at radius 2 is 2.15 bits per heavy atom. The maximum atomic E-state index is 12.7. The largest absolute Gasteiger partial charge is 0.478 e. The summed E-state index contributed by atoms with van der Waals surface area (Å²) < 4.78 is 5.77. The van der Waals surface area contributed by atoms with Crippen LogP contribution in [0.2, 0.25) is 0 Å². The second kappa shape index (κ2) is 8.41. The number of fused-ring (bicyclic) bond motifs is 1. The molecule has 1 saturated heterocycles. The number of amides is 3. The number of carbonyl (C=O) groups excluding carboxylic acids is 3. The molecule has 1 atom stereocenters. The van der Waals surface area contributed by atoms with Crippen molar-refractivity contribution in [3.8, 4) is 5.75 Å². The minimum atomic E-state index is -0.561. The predicted octanol–water partition coefficient (Wildman–Crippen LogP) is 1.63. The van der Waals surface area contributed by atoms with Crippen LogP contribution in [-0.2, 0) is 14.4 Å². The van der Waals surface area contributed by atoms with Crippen molar-refractivity contribution in [1.29, 1.82) is 0 Å². The molecule has 7 nitrogen and oxygen atoms in total. The standard InChI is InChI=1S/C20H27N3O4/c1-3-16-20(26)23(15-12-14(2)7-8-17(15)27-16)13-18(24)21-9-5-11-22-10-4-6-19(22)25/h7-8,12,16H,3-6,9-11,13H2,1-2H3,(H,21,24)/t16-/m0/s1. The molecule has 27 heavy (non-hydrogen) atoms. The highest BCUT2D eigenvalue weighted by atomic mass is 16.5. The number of ether oxygens (including phenoxy) is 1. The number of aryl methyl sites for hydroxylation is 1. The number of hydrogen-bond donors (Lipinski definition) is 1. The molecule has 0 spiro atoms. The monoisotopic (exact) mass is 373 g/mol. The Kier molecular flexibility index (Phi) is 5.98. The van der Waals surface area contributed by atoms with Gasteiger partial charge in [-0.1, -0.05) is 13.0 Å². The molecule has 0 saturated carbocycles. The summed E-state index contributed by atoms with van der Waals surface area (Å²) in [7, 11) is 0. The van der Waals surface area contributed by atoms with Gasteiger partial charge in [-0.05, 0) is 43.9 Å². The van der Waals surface area contributed by atoms with Gasteiger partial charge >= 0.3 is 0 Å². The lowest BCUT2D eigenvalue weighted by Crippen LogP contribution is -2.49. The zero-order valence-corrected chi connectivity index (χ0v) is 16.0. The number of carbonyl (C=O) groups is 3. The number of nitrogens with zero attached hydrogens (tertiary/aromatic N) is 2. The molecule has 0 aromatic heterocycles. The molecule has 3 rings (SSSR count). The number of rotatable bonds is 7. The first-order valence-electron chi connectivity index (χ1n) is 9.62. The number of anilines is 1. The van der Waals surface area contributed by atoms with Gasteiger partial charge in [-0.3, -0.25) is 19.3 Å². The van der Waals surface area contributed by atoms with Crippen LogP contribution in [0.4, 0.5) is 5.69 Å². The average molecular weight is 373 g/mol. The minimum absolute atomic E-state index is 0.0300. The lowest BCUT2D eigenvalue weighted by atomic mass is 10.1. The van der Waals surface area contributed by atoms with E-state index in [9.17, 15) is 14.4 Å². The Hall–Kier alpha value is -2.57. The van der Waals surface area contributed by atoms with Crippen molar-refractivity contribution in [2.45, 2.75) is 45.6 Å². The van der Waals surface area contributed by atoms with Crippen LogP contribution in [0.3, 0.4) is 0 Å². The van der Waals surface area contributed by atoms with E-state index >= 15 is 0 Å². The van der Waals surface area contributed by atoms with Gasteiger partial charge in [-0.15, -0.1) is 0 Å². The van der Waals surface area contributed by atoms with Crippen LogP contribution in [0.25, 0.3) is 0 Å². The quantitative estimate of drug-likeness (QED) is 0.737. The molecule has 3 amide bonds. The topological polar surface area (TPSA) is 79.0 Å². The van der Waals surface area contributed by atoms with Crippen molar-refractivity contribution < 1.29 is 19.1 Å². The first kappa shape index (κ1) is 19.2. The normalized spacial score (nSPS) is 19.1. The zero-order valence-electron chi connectivity index (χ0n) is 16.0. The van der Waals surface area contributed by atoms with Crippen LogP contribution in [0.5, 0.6) is 5.75 Å². The maximum Gasteiger partial charge on any atom is 0.268 e. The van der Waals surface area contributed by atoms with Crippen molar-refractivity contribution >= 4 is 23.4 Å². The number of hydrogen-bond acceptors (Lipinski definition) is 4. The van der Waals surface area contributed by atoms with Gasteiger partial charge in [0, 0.05) is 26.1 Å². The third kappa shape index (κ3) is 4.40. The maximum absolute atomic E-state index is 12.7. The van der Waals surface area contributed by atoms with E-state index in [2.05, 4.69) is 5.32 Å². The number of likely N-dealkylation sites (tertiary alicyclic amines) is 1. The van der Waals surface area contributed by atoms with Crippen molar-refractivity contribution in [2.24, 2.45) is 0 Å². The fourth-order valence-electron chi connectivity index (χ4n) is 3.49. The smallest absolute Gasteiger partial charge is 0.268 e. The van der Waals surface area contributed by atoms with Crippen molar-refractivity contribution in [3.63, 3.8) is 0 Å². The Labute approximate surface area is 159 Å². The second-order valence-electron chi connectivity index (χ2n) is 7.10. The summed E-state index contributed by atoms with van der Waals surface area (Å²) in [5.74, 6) is 0.430. The molecule has 7 heteroatoms. The lowest BCUT2D eigenvalue weighted by Gasteiger charge is -2.34. The van der Waals surface area contributed by atoms with E-state index < -0.39 is 6.10 Å². The van der Waals surface area contributed by atoms with E-state index in [0.29, 0.717) is 43.8 Å². The molecular formula is C20H27N3O4. The summed E-state index contributed by atoms with van der Waals surface area (Å²) in [6, 6.07) is 5.64. The van der Waals surface area contributed by atoms with Gasteiger partial charge in [0.15, 0.2) is 6.10 Å². The SMILES string of the molecule is CC[C@@H]1Oc2ccc(C)cc2N(CC(=O)NCCCN2CCCC2=O)C1=O. The van der Waals surface area contributed by atoms with Crippen molar-refractivity contribution in [2.75, 3.05) is 31.1 Å². The molecule has 146 valence electrons. The molecule has 2 heterocycles. The number of benzene rings is 1. The van der Waals surface area contributed by atoms with E-state index in [1.165, 1.54) is 4.90 Å². The van der Waals surface area contributed by atoms with E-state index in [-0.39, 0.29) is 24.3 Å². The highest BCUT2D eigenvalue weighted by molar-refractivity contribution is 6.03. The molecule has 1 fully saturated rings. The van der Waals surface area contributed by atoms with Gasteiger partial charge in [-0.25, -0.2) is 0 Å². The van der Waals surface area contributed by atoms with Gasteiger partial charge < -0.3 is 15.0 Å². The first-order chi connectivity index (χ1) is 13.0. The van der Waals surface area contributed by atoms with Crippen LogP contribution < -0.4 is 15.0 Å². The molecule has 0 bridgehead atoms. The molecule has 0 aliphatic carbocycles. The molecule has 0 radical (unpaired) electrons. The number of nitrogens with one attached hydrogen (secondary N) is 1. The van der Waals surface area contributed by atoms with Gasteiger partial charge in [0.05, 0.1) is 5.69 Å². The minimum Gasteiger partial charge on any atom is -0.478 e. The van der Waals surface area contributed by atoms with Crippen LogP contribution in [0.15, 0.2) is 18.2 Å².